The molecule has 2 aliphatic carbocycles. The Hall–Kier alpha value is -1.88. The third kappa shape index (κ3) is 2.26. The second kappa shape index (κ2) is 5.34. The van der Waals surface area contributed by atoms with Crippen molar-refractivity contribution in [1.29, 1.82) is 0 Å². The lowest BCUT2D eigenvalue weighted by molar-refractivity contribution is -0.179. The molecule has 5 heteroatoms. The van der Waals surface area contributed by atoms with E-state index in [0.717, 1.165) is 31.4 Å². The average molecular weight is 315 g/mol. The highest BCUT2D eigenvalue weighted by Crippen LogP contribution is 2.62. The Labute approximate surface area is 135 Å². The Morgan fingerprint density at radius 3 is 2.87 bits per heavy atom. The molecule has 0 aromatic heterocycles. The number of ether oxygens (including phenoxy) is 1. The van der Waals surface area contributed by atoms with E-state index in [9.17, 15) is 9.59 Å². The van der Waals surface area contributed by atoms with Crippen LogP contribution in [0.4, 0.5) is 0 Å². The van der Waals surface area contributed by atoms with Gasteiger partial charge in [0.25, 0.3) is 0 Å². The first-order chi connectivity index (χ1) is 11.1. The quantitative estimate of drug-likeness (QED) is 0.891. The maximum Gasteiger partial charge on any atom is 0.335 e. The van der Waals surface area contributed by atoms with Gasteiger partial charge in [0.05, 0.1) is 18.1 Å². The number of aromatic carboxylic acids is 1. The number of benzene rings is 1. The molecule has 5 nitrogen and oxygen atoms in total. The van der Waals surface area contributed by atoms with E-state index in [2.05, 4.69) is 5.32 Å². The summed E-state index contributed by atoms with van der Waals surface area (Å²) in [5.74, 6) is -0.524. The van der Waals surface area contributed by atoms with Crippen LogP contribution in [0.1, 0.15) is 41.6 Å². The van der Waals surface area contributed by atoms with Crippen molar-refractivity contribution in [3.63, 3.8) is 0 Å². The van der Waals surface area contributed by atoms with Crippen molar-refractivity contribution in [1.82, 2.24) is 5.32 Å². The van der Waals surface area contributed by atoms with Crippen LogP contribution < -0.4 is 5.32 Å². The lowest BCUT2D eigenvalue weighted by atomic mass is 9.46. The fourth-order valence-corrected chi connectivity index (χ4v) is 4.68. The van der Waals surface area contributed by atoms with Crippen molar-refractivity contribution in [2.75, 3.05) is 6.61 Å². The van der Waals surface area contributed by atoms with Crippen LogP contribution in [-0.2, 0) is 16.0 Å². The molecular weight excluding hydrogens is 294 g/mol. The van der Waals surface area contributed by atoms with E-state index in [-0.39, 0.29) is 29.3 Å². The zero-order valence-electron chi connectivity index (χ0n) is 13.0. The van der Waals surface area contributed by atoms with Crippen molar-refractivity contribution >= 4 is 11.9 Å². The Balaban J connectivity index is 1.42. The Morgan fingerprint density at radius 2 is 2.17 bits per heavy atom. The molecule has 1 aromatic carbocycles. The van der Waals surface area contributed by atoms with Crippen LogP contribution in [0.3, 0.4) is 0 Å². The van der Waals surface area contributed by atoms with Crippen LogP contribution in [0.2, 0.25) is 0 Å². The molecule has 2 N–H and O–H groups in total. The lowest BCUT2D eigenvalue weighted by Gasteiger charge is -2.63. The van der Waals surface area contributed by atoms with E-state index in [1.165, 1.54) is 6.42 Å². The van der Waals surface area contributed by atoms with Crippen LogP contribution in [0, 0.1) is 11.3 Å². The minimum Gasteiger partial charge on any atom is -0.478 e. The molecule has 1 amide bonds. The lowest BCUT2D eigenvalue weighted by Crippen LogP contribution is -2.71. The molecule has 1 spiro atoms. The van der Waals surface area contributed by atoms with Crippen molar-refractivity contribution in [2.45, 2.75) is 44.2 Å². The Kier molecular flexibility index (Phi) is 3.41. The third-order valence-electron chi connectivity index (χ3n) is 5.89. The molecule has 4 rings (SSSR count). The molecule has 3 fully saturated rings. The van der Waals surface area contributed by atoms with Crippen LogP contribution in [0.15, 0.2) is 24.3 Å². The van der Waals surface area contributed by atoms with Gasteiger partial charge in [-0.15, -0.1) is 0 Å². The van der Waals surface area contributed by atoms with Crippen LogP contribution in [-0.4, -0.2) is 35.7 Å². The topological polar surface area (TPSA) is 75.6 Å². The maximum atomic E-state index is 12.4. The molecule has 0 radical (unpaired) electrons. The number of fused-ring (bicyclic) bond motifs is 2. The molecular formula is C18H21NO4. The number of hydrogen-bond acceptors (Lipinski definition) is 3. The summed E-state index contributed by atoms with van der Waals surface area (Å²) in [6.07, 6.45) is 5.12. The van der Waals surface area contributed by atoms with Crippen molar-refractivity contribution in [3.05, 3.63) is 35.4 Å². The fraction of sp³-hybridized carbons (Fsp3) is 0.556. The van der Waals surface area contributed by atoms with Crippen molar-refractivity contribution in [2.24, 2.45) is 11.3 Å². The third-order valence-corrected chi connectivity index (χ3v) is 5.89. The first-order valence-electron chi connectivity index (χ1n) is 8.33. The highest BCUT2D eigenvalue weighted by molar-refractivity contribution is 5.88. The molecule has 23 heavy (non-hydrogen) atoms. The van der Waals surface area contributed by atoms with E-state index in [1.54, 1.807) is 24.3 Å². The fourth-order valence-electron chi connectivity index (χ4n) is 4.68. The highest BCUT2D eigenvalue weighted by Gasteiger charge is 2.66. The summed E-state index contributed by atoms with van der Waals surface area (Å²) >= 11 is 0. The number of carboxylic acids is 1. The maximum absolute atomic E-state index is 12.4. The zero-order valence-corrected chi connectivity index (χ0v) is 13.0. The van der Waals surface area contributed by atoms with E-state index in [0.29, 0.717) is 12.0 Å². The van der Waals surface area contributed by atoms with Crippen molar-refractivity contribution < 1.29 is 19.4 Å². The Bertz CT molecular complexity index is 652. The van der Waals surface area contributed by atoms with Gasteiger partial charge in [-0.2, -0.15) is 0 Å². The number of hydrogen-bond donors (Lipinski definition) is 2. The largest absolute Gasteiger partial charge is 0.478 e. The molecule has 1 saturated heterocycles. The summed E-state index contributed by atoms with van der Waals surface area (Å²) in [6, 6.07) is 6.83. The predicted octanol–water partition coefficient (Wildman–Crippen LogP) is 2.00. The number of rotatable bonds is 4. The van der Waals surface area contributed by atoms with E-state index in [4.69, 9.17) is 9.84 Å². The van der Waals surface area contributed by atoms with Crippen molar-refractivity contribution in [3.8, 4) is 0 Å². The summed E-state index contributed by atoms with van der Waals surface area (Å²) in [6.45, 7) is 0.810. The summed E-state index contributed by atoms with van der Waals surface area (Å²) in [5.41, 5.74) is 1.14. The number of carboxylic acid groups (broad SMARTS) is 1. The number of carbonyl (C=O) groups excluding carboxylic acids is 1. The molecule has 1 aromatic rings. The van der Waals surface area contributed by atoms with E-state index >= 15 is 0 Å². The minimum atomic E-state index is -0.967. The first-order valence-corrected chi connectivity index (χ1v) is 8.33. The van der Waals surface area contributed by atoms with Gasteiger partial charge in [0.15, 0.2) is 0 Å². The van der Waals surface area contributed by atoms with Gasteiger partial charge < -0.3 is 15.2 Å². The molecule has 1 heterocycles. The molecule has 1 aliphatic heterocycles. The van der Waals surface area contributed by atoms with Gasteiger partial charge >= 0.3 is 5.97 Å². The minimum absolute atomic E-state index is 0.0193. The standard InChI is InChI=1S/C18H21NO4/c20-14(10-11-3-1-4-12(9-11)17(21)22)19-15-13-5-8-23-16(13)18(15)6-2-7-18/h1,3-4,9,13,15-16H,2,5-8,10H2,(H,19,20)(H,21,22). The predicted molar refractivity (Wildman–Crippen MR) is 83.2 cm³/mol. The zero-order chi connectivity index (χ0) is 16.0. The van der Waals surface area contributed by atoms with Gasteiger partial charge in [-0.1, -0.05) is 18.6 Å². The van der Waals surface area contributed by atoms with Gasteiger partial charge in [-0.3, -0.25) is 4.79 Å². The highest BCUT2D eigenvalue weighted by atomic mass is 16.5. The van der Waals surface area contributed by atoms with E-state index in [1.807, 2.05) is 0 Å². The van der Waals surface area contributed by atoms with Gasteiger partial charge in [0.1, 0.15) is 0 Å². The first kappa shape index (κ1) is 14.7. The van der Waals surface area contributed by atoms with Gasteiger partial charge in [0.2, 0.25) is 5.91 Å². The van der Waals surface area contributed by atoms with Gasteiger partial charge in [-0.25, -0.2) is 4.79 Å². The summed E-state index contributed by atoms with van der Waals surface area (Å²) in [7, 11) is 0. The Morgan fingerprint density at radius 1 is 1.35 bits per heavy atom. The summed E-state index contributed by atoms with van der Waals surface area (Å²) in [5, 5.41) is 12.2. The number of carbonyl (C=O) groups is 2. The molecule has 0 bridgehead atoms. The number of amides is 1. The monoisotopic (exact) mass is 315 g/mol. The molecule has 3 atom stereocenters. The second-order valence-corrected chi connectivity index (χ2v) is 7.06. The van der Waals surface area contributed by atoms with Crippen LogP contribution >= 0.6 is 0 Å². The molecule has 122 valence electrons. The van der Waals surface area contributed by atoms with Crippen LogP contribution in [0.5, 0.6) is 0 Å². The molecule has 3 unspecified atom stereocenters. The smallest absolute Gasteiger partial charge is 0.335 e. The SMILES string of the molecule is O=C(Cc1cccc(C(=O)O)c1)NC1C2CCOC2C12CCC2. The molecule has 3 aliphatic rings. The molecule has 2 saturated carbocycles. The average Bonchev–Trinajstić information content (AvgIpc) is 2.89. The van der Waals surface area contributed by atoms with E-state index < -0.39 is 5.97 Å². The summed E-state index contributed by atoms with van der Waals surface area (Å²) < 4.78 is 5.87. The normalized spacial score (nSPS) is 30.2. The van der Waals surface area contributed by atoms with Crippen LogP contribution in [0.25, 0.3) is 0 Å². The van der Waals surface area contributed by atoms with Gasteiger partial charge in [-0.05, 0) is 37.0 Å². The summed E-state index contributed by atoms with van der Waals surface area (Å²) in [4.78, 5) is 23.4. The second-order valence-electron chi connectivity index (χ2n) is 7.06. The number of nitrogens with one attached hydrogen (secondary N) is 1. The van der Waals surface area contributed by atoms with Gasteiger partial charge in [0, 0.05) is 24.0 Å².